The zero-order chi connectivity index (χ0) is 25.1. The first-order chi connectivity index (χ1) is 15.6. The Morgan fingerprint density at radius 2 is 1.79 bits per heavy atom. The fourth-order valence-corrected chi connectivity index (χ4v) is 5.06. The normalized spacial score (nSPS) is 16.8. The Kier molecular flexibility index (Phi) is 11.9. The number of rotatable bonds is 5. The maximum atomic E-state index is 4.30. The Labute approximate surface area is 208 Å². The average Bonchev–Trinajstić information content (AvgIpc) is 2.99. The second kappa shape index (κ2) is 13.5. The van der Waals surface area contributed by atoms with Crippen LogP contribution in [0.3, 0.4) is 0 Å². The summed E-state index contributed by atoms with van der Waals surface area (Å²) < 4.78 is 0. The number of nitrogens with zero attached hydrogens (tertiary/aromatic N) is 1. The summed E-state index contributed by atoms with van der Waals surface area (Å²) in [6.07, 6.45) is 14.7. The molecule has 182 valence electrons. The Morgan fingerprint density at radius 1 is 1.15 bits per heavy atom. The van der Waals surface area contributed by atoms with E-state index >= 15 is 0 Å². The van der Waals surface area contributed by atoms with Crippen LogP contribution in [-0.4, -0.2) is 29.0 Å². The zero-order valence-electron chi connectivity index (χ0n) is 22.3. The van der Waals surface area contributed by atoms with Gasteiger partial charge in [0.15, 0.2) is 0 Å². The van der Waals surface area contributed by atoms with Gasteiger partial charge in [-0.05, 0) is 85.6 Å². The molecule has 1 N–H and O–H groups in total. The quantitative estimate of drug-likeness (QED) is 0.440. The van der Waals surface area contributed by atoms with E-state index in [0.29, 0.717) is 0 Å². The van der Waals surface area contributed by atoms with Crippen LogP contribution in [0.15, 0.2) is 73.6 Å². The van der Waals surface area contributed by atoms with Crippen molar-refractivity contribution in [2.24, 2.45) is 0 Å². The highest BCUT2D eigenvalue weighted by Gasteiger charge is 2.27. The molecular weight excluding hydrogens is 420 g/mol. The lowest BCUT2D eigenvalue weighted by molar-refractivity contribution is 0.380. The maximum Gasteiger partial charge on any atom is 0.0361 e. The summed E-state index contributed by atoms with van der Waals surface area (Å²) in [4.78, 5) is 2.02. The first-order valence-corrected chi connectivity index (χ1v) is 13.3. The summed E-state index contributed by atoms with van der Waals surface area (Å²) in [5, 5.41) is 3.69. The van der Waals surface area contributed by atoms with Crippen LogP contribution in [0, 0.1) is 6.92 Å². The number of hydrogen-bond donors (Lipinski definition) is 1. The van der Waals surface area contributed by atoms with Crippen molar-refractivity contribution < 1.29 is 0 Å². The fourth-order valence-electron chi connectivity index (χ4n) is 3.67. The molecule has 0 spiro atoms. The molecule has 1 saturated heterocycles. The van der Waals surface area contributed by atoms with Crippen LogP contribution in [0.1, 0.15) is 71.1 Å². The number of thioether (sulfide) groups is 1. The van der Waals surface area contributed by atoms with Crippen LogP contribution in [0.4, 0.5) is 0 Å². The zero-order valence-corrected chi connectivity index (χ0v) is 23.1. The highest BCUT2D eigenvalue weighted by Crippen LogP contribution is 2.32. The fraction of sp³-hybridized carbons (Fsp3) is 0.467. The van der Waals surface area contributed by atoms with E-state index in [4.69, 9.17) is 0 Å². The van der Waals surface area contributed by atoms with Crippen LogP contribution in [0.25, 0.3) is 5.70 Å². The first-order valence-electron chi connectivity index (χ1n) is 12.1. The van der Waals surface area contributed by atoms with Gasteiger partial charge in [0.1, 0.15) is 0 Å². The Balaban J connectivity index is 0.000000412. The second-order valence-electron chi connectivity index (χ2n) is 9.47. The lowest BCUT2D eigenvalue weighted by Gasteiger charge is -2.36. The third-order valence-electron chi connectivity index (χ3n) is 6.09. The SMILES string of the molecule is C=CC(C)(C)c1cc(C(=C)NC2(C)CCSCC2)ccc1C.CC.CC1=CC=CN(C)C=C1. The Morgan fingerprint density at radius 3 is 2.39 bits per heavy atom. The molecule has 2 aliphatic rings. The average molecular weight is 467 g/mol. The van der Waals surface area contributed by atoms with Gasteiger partial charge in [-0.15, -0.1) is 6.58 Å². The van der Waals surface area contributed by atoms with Crippen molar-refractivity contribution in [2.75, 3.05) is 18.6 Å². The van der Waals surface area contributed by atoms with Crippen LogP contribution in [-0.2, 0) is 5.41 Å². The van der Waals surface area contributed by atoms with Crippen molar-refractivity contribution in [1.29, 1.82) is 0 Å². The van der Waals surface area contributed by atoms with Crippen molar-refractivity contribution in [3.63, 3.8) is 0 Å². The summed E-state index contributed by atoms with van der Waals surface area (Å²) in [6.45, 7) is 23.3. The number of allylic oxidation sites excluding steroid dienone is 5. The van der Waals surface area contributed by atoms with Crippen molar-refractivity contribution in [1.82, 2.24) is 10.2 Å². The molecule has 0 saturated carbocycles. The molecule has 3 rings (SSSR count). The minimum Gasteiger partial charge on any atom is -0.380 e. The van der Waals surface area contributed by atoms with Crippen LogP contribution < -0.4 is 5.32 Å². The number of hydrogen-bond acceptors (Lipinski definition) is 3. The van der Waals surface area contributed by atoms with E-state index in [0.717, 1.165) is 5.70 Å². The standard InChI is InChI=1S/C20H29NS.C8H11N.C2H6/c1-7-19(4,5)18-14-17(9-8-15(18)2)16(3)21-20(6)10-12-22-13-11-20;1-8-4-3-6-9(2)7-5-8;1-2/h7-9,14,21H,1,3,10-13H2,2,4-6H3;3-7H,1-2H3;1-2H3. The second-order valence-corrected chi connectivity index (χ2v) is 10.7. The van der Waals surface area contributed by atoms with Gasteiger partial charge in [-0.3, -0.25) is 0 Å². The molecule has 2 heterocycles. The van der Waals surface area contributed by atoms with E-state index in [1.807, 2.05) is 50.3 Å². The highest BCUT2D eigenvalue weighted by atomic mass is 32.2. The van der Waals surface area contributed by atoms with E-state index in [-0.39, 0.29) is 11.0 Å². The Hall–Kier alpha value is -2.13. The van der Waals surface area contributed by atoms with Gasteiger partial charge in [0, 0.05) is 36.1 Å². The molecule has 3 heteroatoms. The van der Waals surface area contributed by atoms with Gasteiger partial charge in [-0.25, -0.2) is 0 Å². The number of nitrogens with one attached hydrogen (secondary N) is 1. The van der Waals surface area contributed by atoms with Gasteiger partial charge in [0.2, 0.25) is 0 Å². The molecule has 0 radical (unpaired) electrons. The van der Waals surface area contributed by atoms with Gasteiger partial charge in [0.05, 0.1) is 0 Å². The maximum absolute atomic E-state index is 4.30. The molecular formula is C30H46N2S. The molecule has 0 atom stereocenters. The summed E-state index contributed by atoms with van der Waals surface area (Å²) in [5.74, 6) is 2.47. The molecule has 0 unspecified atom stereocenters. The molecule has 1 aromatic rings. The van der Waals surface area contributed by atoms with Crippen LogP contribution >= 0.6 is 11.8 Å². The largest absolute Gasteiger partial charge is 0.380 e. The van der Waals surface area contributed by atoms with Gasteiger partial charge >= 0.3 is 0 Å². The molecule has 33 heavy (non-hydrogen) atoms. The van der Waals surface area contributed by atoms with Gasteiger partial charge < -0.3 is 10.2 Å². The van der Waals surface area contributed by atoms with Crippen LogP contribution in [0.5, 0.6) is 0 Å². The lowest BCUT2D eigenvalue weighted by Crippen LogP contribution is -2.43. The molecule has 0 bridgehead atoms. The lowest BCUT2D eigenvalue weighted by atomic mass is 9.81. The van der Waals surface area contributed by atoms with Crippen molar-refractivity contribution in [3.05, 3.63) is 90.3 Å². The van der Waals surface area contributed by atoms with E-state index < -0.39 is 0 Å². The van der Waals surface area contributed by atoms with E-state index in [1.165, 1.54) is 46.6 Å². The van der Waals surface area contributed by atoms with Crippen molar-refractivity contribution in [3.8, 4) is 0 Å². The third-order valence-corrected chi connectivity index (χ3v) is 7.08. The minimum absolute atomic E-state index is 0.0221. The van der Waals surface area contributed by atoms with E-state index in [2.05, 4.69) is 95.2 Å². The van der Waals surface area contributed by atoms with Gasteiger partial charge in [-0.2, -0.15) is 11.8 Å². The molecule has 1 fully saturated rings. The van der Waals surface area contributed by atoms with Gasteiger partial charge in [-0.1, -0.05) is 58.6 Å². The Bertz CT molecular complexity index is 867. The minimum atomic E-state index is -0.0221. The monoisotopic (exact) mass is 466 g/mol. The summed E-state index contributed by atoms with van der Waals surface area (Å²) in [7, 11) is 2.01. The number of aryl methyl sites for hydroxylation is 1. The summed E-state index contributed by atoms with van der Waals surface area (Å²) in [5.41, 5.74) is 6.31. The van der Waals surface area contributed by atoms with Gasteiger partial charge in [0.25, 0.3) is 0 Å². The number of benzene rings is 1. The molecule has 2 aliphatic heterocycles. The van der Waals surface area contributed by atoms with E-state index in [1.54, 1.807) is 0 Å². The first kappa shape index (κ1) is 28.9. The summed E-state index contributed by atoms with van der Waals surface area (Å²) in [6, 6.07) is 6.64. The van der Waals surface area contributed by atoms with Crippen molar-refractivity contribution in [2.45, 2.75) is 72.3 Å². The van der Waals surface area contributed by atoms with Crippen LogP contribution in [0.2, 0.25) is 0 Å². The third kappa shape index (κ3) is 9.33. The van der Waals surface area contributed by atoms with E-state index in [9.17, 15) is 0 Å². The highest BCUT2D eigenvalue weighted by molar-refractivity contribution is 7.99. The predicted molar refractivity (Wildman–Crippen MR) is 153 cm³/mol. The van der Waals surface area contributed by atoms with Crippen molar-refractivity contribution >= 4 is 17.5 Å². The molecule has 1 aromatic carbocycles. The molecule has 0 aromatic heterocycles. The molecule has 0 aliphatic carbocycles. The smallest absolute Gasteiger partial charge is 0.0361 e. The topological polar surface area (TPSA) is 15.3 Å². The predicted octanol–water partition coefficient (Wildman–Crippen LogP) is 8.24. The summed E-state index contributed by atoms with van der Waals surface area (Å²) >= 11 is 2.05. The molecule has 0 amide bonds. The molecule has 2 nitrogen and oxygen atoms in total.